The first-order valence-corrected chi connectivity index (χ1v) is 7.28. The minimum absolute atomic E-state index is 0.0221. The lowest BCUT2D eigenvalue weighted by molar-refractivity contribution is -0.443. The summed E-state index contributed by atoms with van der Waals surface area (Å²) in [6.45, 7) is 3.05. The third-order valence-corrected chi connectivity index (χ3v) is 2.72. The Kier molecular flexibility index (Phi) is 7.50. The molecule has 1 aromatic carbocycles. The maximum Gasteiger partial charge on any atom is 0.531 e. The fourth-order valence-electron chi connectivity index (χ4n) is 1.58. The zero-order chi connectivity index (χ0) is 18.1. The molecule has 0 aliphatic rings. The van der Waals surface area contributed by atoms with Crippen LogP contribution in [0.25, 0.3) is 6.08 Å². The molecule has 1 aromatic rings. The molecule has 9 nitrogen and oxygen atoms in total. The lowest BCUT2D eigenvalue weighted by atomic mass is 10.2. The number of nitrogens with one attached hydrogen (secondary N) is 1. The van der Waals surface area contributed by atoms with Gasteiger partial charge in [-0.1, -0.05) is 23.7 Å². The second-order valence-corrected chi connectivity index (χ2v) is 4.62. The molecular weight excluding hydrogens is 342 g/mol. The Morgan fingerprint density at radius 1 is 1.33 bits per heavy atom. The molecule has 1 rings (SSSR count). The summed E-state index contributed by atoms with van der Waals surface area (Å²) in [5.41, 5.74) is 2.33. The molecule has 0 heterocycles. The second kappa shape index (κ2) is 9.36. The molecule has 0 aliphatic heterocycles. The molecule has 0 aliphatic carbocycles. The molecule has 0 fully saturated rings. The van der Waals surface area contributed by atoms with Crippen LogP contribution in [0.3, 0.4) is 0 Å². The monoisotopic (exact) mass is 357 g/mol. The number of nitrogens with zero attached hydrogens (tertiary/aromatic N) is 2. The van der Waals surface area contributed by atoms with Crippen molar-refractivity contribution in [3.8, 4) is 0 Å². The van der Waals surface area contributed by atoms with Crippen molar-refractivity contribution in [2.45, 2.75) is 13.8 Å². The van der Waals surface area contributed by atoms with Gasteiger partial charge in [-0.3, -0.25) is 0 Å². The zero-order valence-corrected chi connectivity index (χ0v) is 13.8. The van der Waals surface area contributed by atoms with Gasteiger partial charge in [0.2, 0.25) is 0 Å². The van der Waals surface area contributed by atoms with E-state index < -0.39 is 22.9 Å². The highest BCUT2D eigenvalue weighted by molar-refractivity contribution is 6.30. The van der Waals surface area contributed by atoms with E-state index in [-0.39, 0.29) is 13.2 Å². The number of amides is 2. The number of rotatable bonds is 5. The summed E-state index contributed by atoms with van der Waals surface area (Å²) in [4.78, 5) is 34.0. The fraction of sp³-hybridized carbons (Fsp3) is 0.286. The Labute approximate surface area is 142 Å². The predicted molar refractivity (Wildman–Crippen MR) is 85.4 cm³/mol. The molecule has 0 spiro atoms. The summed E-state index contributed by atoms with van der Waals surface area (Å²) in [7, 11) is 0. The maximum atomic E-state index is 11.9. The number of hydrogen-bond donors (Lipinski definition) is 1. The molecule has 0 bridgehead atoms. The first-order chi connectivity index (χ1) is 11.4. The van der Waals surface area contributed by atoms with Gasteiger partial charge in [0.25, 0.3) is 0 Å². The first kappa shape index (κ1) is 19.2. The number of nitro groups is 1. The van der Waals surface area contributed by atoms with E-state index >= 15 is 0 Å². The molecule has 2 amide bonds. The van der Waals surface area contributed by atoms with Crippen LogP contribution in [0.5, 0.6) is 0 Å². The van der Waals surface area contributed by atoms with E-state index in [9.17, 15) is 19.7 Å². The largest absolute Gasteiger partial charge is 0.531 e. The van der Waals surface area contributed by atoms with E-state index in [0.717, 1.165) is 6.08 Å². The van der Waals surface area contributed by atoms with E-state index in [4.69, 9.17) is 16.3 Å². The summed E-state index contributed by atoms with van der Waals surface area (Å²) >= 11 is 5.83. The number of hydrazine groups is 1. The van der Waals surface area contributed by atoms with E-state index in [1.807, 2.05) is 5.43 Å². The van der Waals surface area contributed by atoms with Crippen LogP contribution in [0.1, 0.15) is 19.4 Å². The molecule has 24 heavy (non-hydrogen) atoms. The molecule has 0 aromatic heterocycles. The van der Waals surface area contributed by atoms with Gasteiger partial charge in [0.05, 0.1) is 13.2 Å². The Hall–Kier alpha value is -2.81. The molecule has 130 valence electrons. The zero-order valence-electron chi connectivity index (χ0n) is 13.0. The average Bonchev–Trinajstić information content (AvgIpc) is 2.51. The van der Waals surface area contributed by atoms with Crippen molar-refractivity contribution in [2.24, 2.45) is 0 Å². The highest BCUT2D eigenvalue weighted by Crippen LogP contribution is 2.16. The highest BCUT2D eigenvalue weighted by Gasteiger charge is 2.34. The van der Waals surface area contributed by atoms with Crippen molar-refractivity contribution < 1.29 is 24.0 Å². The maximum absolute atomic E-state index is 11.9. The van der Waals surface area contributed by atoms with E-state index in [1.165, 1.54) is 13.0 Å². The third-order valence-electron chi connectivity index (χ3n) is 2.49. The molecular formula is C14H16ClN3O6. The summed E-state index contributed by atoms with van der Waals surface area (Å²) in [5, 5.41) is 12.1. The van der Waals surface area contributed by atoms with E-state index in [2.05, 4.69) is 4.74 Å². The molecule has 0 atom stereocenters. The Morgan fingerprint density at radius 2 is 2.00 bits per heavy atom. The normalized spacial score (nSPS) is 10.7. The van der Waals surface area contributed by atoms with Crippen LogP contribution in [0, 0.1) is 10.1 Å². The van der Waals surface area contributed by atoms with Gasteiger partial charge in [0, 0.05) is 11.1 Å². The van der Waals surface area contributed by atoms with Gasteiger partial charge >= 0.3 is 18.0 Å². The Balaban J connectivity index is 3.23. The average molecular weight is 358 g/mol. The summed E-state index contributed by atoms with van der Waals surface area (Å²) < 4.78 is 9.35. The summed E-state index contributed by atoms with van der Waals surface area (Å²) in [6, 6.07) is 6.17. The van der Waals surface area contributed by atoms with Crippen molar-refractivity contribution in [1.82, 2.24) is 10.4 Å². The van der Waals surface area contributed by atoms with Crippen LogP contribution in [0.4, 0.5) is 9.59 Å². The van der Waals surface area contributed by atoms with Gasteiger partial charge in [-0.05, 0) is 41.5 Å². The molecule has 0 unspecified atom stereocenters. The van der Waals surface area contributed by atoms with Crippen molar-refractivity contribution in [1.29, 1.82) is 0 Å². The number of hydrogen-bond acceptors (Lipinski definition) is 6. The third kappa shape index (κ3) is 5.76. The summed E-state index contributed by atoms with van der Waals surface area (Å²) in [6.07, 6.45) is -1.10. The molecule has 0 radical (unpaired) electrons. The Bertz CT molecular complexity index is 649. The van der Waals surface area contributed by atoms with Crippen LogP contribution in [0.15, 0.2) is 30.1 Å². The molecule has 0 saturated heterocycles. The van der Waals surface area contributed by atoms with Crippen molar-refractivity contribution in [3.05, 3.63) is 50.8 Å². The molecule has 0 saturated carbocycles. The van der Waals surface area contributed by atoms with Gasteiger partial charge in [-0.2, -0.15) is 4.79 Å². The lowest BCUT2D eigenvalue weighted by Crippen LogP contribution is -2.47. The second-order valence-electron chi connectivity index (χ2n) is 4.18. The van der Waals surface area contributed by atoms with E-state index in [1.54, 1.807) is 25.1 Å². The minimum atomic E-state index is -1.13. The minimum Gasteiger partial charge on any atom is -0.448 e. The number of carbonyl (C=O) groups excluding carboxylic acids is 2. The number of ether oxygens (including phenoxy) is 2. The smallest absolute Gasteiger partial charge is 0.448 e. The van der Waals surface area contributed by atoms with Crippen LogP contribution >= 0.6 is 11.6 Å². The summed E-state index contributed by atoms with van der Waals surface area (Å²) in [5.74, 6) is -0.733. The van der Waals surface area contributed by atoms with E-state index in [0.29, 0.717) is 15.6 Å². The van der Waals surface area contributed by atoms with Gasteiger partial charge in [-0.15, -0.1) is 5.43 Å². The number of carbonyl (C=O) groups is 2. The van der Waals surface area contributed by atoms with Crippen molar-refractivity contribution in [3.63, 3.8) is 0 Å². The topological polar surface area (TPSA) is 111 Å². The number of benzene rings is 1. The van der Waals surface area contributed by atoms with Crippen LogP contribution in [0.2, 0.25) is 5.02 Å². The van der Waals surface area contributed by atoms with Crippen LogP contribution in [-0.2, 0) is 9.47 Å². The van der Waals surface area contributed by atoms with Crippen LogP contribution in [-0.4, -0.2) is 35.3 Å². The van der Waals surface area contributed by atoms with Gasteiger partial charge in [0.15, 0.2) is 0 Å². The fourth-order valence-corrected chi connectivity index (χ4v) is 1.78. The predicted octanol–water partition coefficient (Wildman–Crippen LogP) is 3.03. The van der Waals surface area contributed by atoms with Gasteiger partial charge in [0.1, 0.15) is 0 Å². The van der Waals surface area contributed by atoms with Gasteiger partial charge in [-0.25, -0.2) is 4.79 Å². The quantitative estimate of drug-likeness (QED) is 0.640. The molecule has 10 heteroatoms. The van der Waals surface area contributed by atoms with Crippen molar-refractivity contribution in [2.75, 3.05) is 13.2 Å². The highest BCUT2D eigenvalue weighted by atomic mass is 35.5. The number of halogens is 1. The Morgan fingerprint density at radius 3 is 2.54 bits per heavy atom. The molecule has 1 N–H and O–H groups in total. The first-order valence-electron chi connectivity index (χ1n) is 6.91. The van der Waals surface area contributed by atoms with Crippen molar-refractivity contribution >= 4 is 29.9 Å². The lowest BCUT2D eigenvalue weighted by Gasteiger charge is -2.15. The van der Waals surface area contributed by atoms with Gasteiger partial charge < -0.3 is 19.6 Å². The standard InChI is InChI=1S/C14H16ClN3O6/c1-3-23-13(19)16-17(14(20)24-4-2)12(18(21)22)9-10-6-5-7-11(15)8-10/h5-9H,3-4H2,1-2H3,(H,16,19)/b12-9+. The van der Waals surface area contributed by atoms with Crippen LogP contribution < -0.4 is 5.43 Å². The SMILES string of the molecule is CCOC(=O)NN(C(=O)OCC)/C(=C\c1cccc(Cl)c1)[N+](=O)[O-].